The quantitative estimate of drug-likeness (QED) is 0.659. The van der Waals surface area contributed by atoms with Crippen molar-refractivity contribution in [2.75, 3.05) is 5.32 Å². The van der Waals surface area contributed by atoms with E-state index in [1.807, 2.05) is 60.7 Å². The molecule has 26 heavy (non-hydrogen) atoms. The highest BCUT2D eigenvalue weighted by Crippen LogP contribution is 2.22. The van der Waals surface area contributed by atoms with Crippen LogP contribution in [0.5, 0.6) is 0 Å². The highest BCUT2D eigenvalue weighted by molar-refractivity contribution is 5.94. The summed E-state index contributed by atoms with van der Waals surface area (Å²) in [5.74, 6) is -0.505. The number of benzene rings is 3. The van der Waals surface area contributed by atoms with Crippen molar-refractivity contribution in [1.82, 2.24) is 5.32 Å². The second-order valence-electron chi connectivity index (χ2n) is 5.79. The van der Waals surface area contributed by atoms with E-state index in [1.54, 1.807) is 24.3 Å². The van der Waals surface area contributed by atoms with Crippen molar-refractivity contribution in [3.8, 4) is 0 Å². The van der Waals surface area contributed by atoms with E-state index in [1.165, 1.54) is 0 Å². The molecule has 0 atom stereocenters. The van der Waals surface area contributed by atoms with Crippen molar-refractivity contribution in [2.45, 2.75) is 6.04 Å². The summed E-state index contributed by atoms with van der Waals surface area (Å²) in [6.45, 7) is 0. The second-order valence-corrected chi connectivity index (χ2v) is 5.79. The number of carbonyl (C=O) groups excluding carboxylic acids is 2. The van der Waals surface area contributed by atoms with E-state index in [4.69, 9.17) is 5.73 Å². The number of hydrogen-bond donors (Lipinski definition) is 3. The van der Waals surface area contributed by atoms with Gasteiger partial charge in [0.2, 0.25) is 5.91 Å². The zero-order valence-electron chi connectivity index (χ0n) is 14.1. The van der Waals surface area contributed by atoms with Crippen molar-refractivity contribution in [1.29, 1.82) is 0 Å². The second kappa shape index (κ2) is 7.98. The smallest absolute Gasteiger partial charge is 0.319 e. The minimum Gasteiger partial charge on any atom is -0.366 e. The molecule has 0 unspecified atom stereocenters. The summed E-state index contributed by atoms with van der Waals surface area (Å²) < 4.78 is 0. The van der Waals surface area contributed by atoms with Crippen molar-refractivity contribution >= 4 is 17.6 Å². The van der Waals surface area contributed by atoms with E-state index in [0.29, 0.717) is 11.3 Å². The van der Waals surface area contributed by atoms with Gasteiger partial charge in [0.15, 0.2) is 0 Å². The Labute approximate surface area is 151 Å². The lowest BCUT2D eigenvalue weighted by atomic mass is 9.99. The molecule has 5 heteroatoms. The molecule has 0 aliphatic carbocycles. The van der Waals surface area contributed by atoms with Crippen molar-refractivity contribution < 1.29 is 9.59 Å². The van der Waals surface area contributed by atoms with Crippen LogP contribution >= 0.6 is 0 Å². The largest absolute Gasteiger partial charge is 0.366 e. The van der Waals surface area contributed by atoms with Crippen LogP contribution in [0.1, 0.15) is 27.5 Å². The molecule has 4 N–H and O–H groups in total. The first-order valence-electron chi connectivity index (χ1n) is 8.21. The molecule has 0 aliphatic heterocycles. The maximum Gasteiger partial charge on any atom is 0.319 e. The van der Waals surface area contributed by atoms with Gasteiger partial charge in [-0.15, -0.1) is 0 Å². The van der Waals surface area contributed by atoms with Crippen LogP contribution in [0.15, 0.2) is 84.9 Å². The summed E-state index contributed by atoms with van der Waals surface area (Å²) >= 11 is 0. The molecule has 3 amide bonds. The summed E-state index contributed by atoms with van der Waals surface area (Å²) in [5, 5.41) is 5.77. The summed E-state index contributed by atoms with van der Waals surface area (Å²) in [4.78, 5) is 23.6. The summed E-state index contributed by atoms with van der Waals surface area (Å²) in [6.07, 6.45) is 0. The van der Waals surface area contributed by atoms with Gasteiger partial charge in [-0.25, -0.2) is 4.79 Å². The molecule has 3 aromatic rings. The third-order valence-electron chi connectivity index (χ3n) is 3.97. The van der Waals surface area contributed by atoms with Gasteiger partial charge in [0, 0.05) is 11.3 Å². The van der Waals surface area contributed by atoms with Crippen LogP contribution in [-0.2, 0) is 0 Å². The standard InChI is InChI=1S/C21H19N3O2/c22-20(25)17-11-13-18(14-12-17)23-21(26)24-19(15-7-3-1-4-8-15)16-9-5-2-6-10-16/h1-14,19H,(H2,22,25)(H2,23,24,26). The molecule has 0 fully saturated rings. The van der Waals surface area contributed by atoms with Gasteiger partial charge in [0.1, 0.15) is 0 Å². The van der Waals surface area contributed by atoms with Gasteiger partial charge in [-0.1, -0.05) is 60.7 Å². The van der Waals surface area contributed by atoms with Crippen molar-refractivity contribution in [2.24, 2.45) is 5.73 Å². The fourth-order valence-electron chi connectivity index (χ4n) is 2.67. The number of anilines is 1. The first-order valence-corrected chi connectivity index (χ1v) is 8.21. The summed E-state index contributed by atoms with van der Waals surface area (Å²) in [7, 11) is 0. The van der Waals surface area contributed by atoms with Crippen LogP contribution in [0, 0.1) is 0 Å². The average molecular weight is 345 g/mol. The van der Waals surface area contributed by atoms with E-state index in [9.17, 15) is 9.59 Å². The third kappa shape index (κ3) is 4.27. The molecule has 0 heterocycles. The van der Waals surface area contributed by atoms with E-state index < -0.39 is 5.91 Å². The Hall–Kier alpha value is -3.60. The lowest BCUT2D eigenvalue weighted by Gasteiger charge is -2.20. The Balaban J connectivity index is 1.76. The number of hydrogen-bond acceptors (Lipinski definition) is 2. The Morgan fingerprint density at radius 2 is 1.23 bits per heavy atom. The van der Waals surface area contributed by atoms with Crippen LogP contribution in [0.3, 0.4) is 0 Å². The topological polar surface area (TPSA) is 84.2 Å². The molecule has 0 spiro atoms. The Morgan fingerprint density at radius 3 is 1.69 bits per heavy atom. The van der Waals surface area contributed by atoms with Gasteiger partial charge in [-0.3, -0.25) is 4.79 Å². The van der Waals surface area contributed by atoms with E-state index in [0.717, 1.165) is 11.1 Å². The lowest BCUT2D eigenvalue weighted by Crippen LogP contribution is -2.33. The molecule has 0 saturated heterocycles. The molecule has 5 nitrogen and oxygen atoms in total. The van der Waals surface area contributed by atoms with E-state index in [-0.39, 0.29) is 12.1 Å². The SMILES string of the molecule is NC(=O)c1ccc(NC(=O)NC(c2ccccc2)c2ccccc2)cc1. The number of carbonyl (C=O) groups is 2. The number of nitrogens with two attached hydrogens (primary N) is 1. The fraction of sp³-hybridized carbons (Fsp3) is 0.0476. The Morgan fingerprint density at radius 1 is 0.731 bits per heavy atom. The summed E-state index contributed by atoms with van der Waals surface area (Å²) in [5.41, 5.74) is 8.16. The molecular weight excluding hydrogens is 326 g/mol. The van der Waals surface area contributed by atoms with Crippen LogP contribution < -0.4 is 16.4 Å². The first-order chi connectivity index (χ1) is 12.6. The predicted octanol–water partition coefficient (Wildman–Crippen LogP) is 3.70. The maximum atomic E-state index is 12.5. The van der Waals surface area contributed by atoms with Gasteiger partial charge in [-0.2, -0.15) is 0 Å². The lowest BCUT2D eigenvalue weighted by molar-refractivity contribution is 0.100. The average Bonchev–Trinajstić information content (AvgIpc) is 2.68. The zero-order valence-corrected chi connectivity index (χ0v) is 14.1. The number of urea groups is 1. The highest BCUT2D eigenvalue weighted by atomic mass is 16.2. The minimum absolute atomic E-state index is 0.276. The normalized spacial score (nSPS) is 10.3. The molecular formula is C21H19N3O2. The zero-order chi connectivity index (χ0) is 18.4. The van der Waals surface area contributed by atoms with E-state index in [2.05, 4.69) is 10.6 Å². The molecule has 0 radical (unpaired) electrons. The molecule has 3 aromatic carbocycles. The highest BCUT2D eigenvalue weighted by Gasteiger charge is 2.16. The van der Waals surface area contributed by atoms with Gasteiger partial charge >= 0.3 is 6.03 Å². The van der Waals surface area contributed by atoms with Crippen molar-refractivity contribution in [3.63, 3.8) is 0 Å². The Bertz CT molecular complexity index is 839. The predicted molar refractivity (Wildman–Crippen MR) is 102 cm³/mol. The van der Waals surface area contributed by atoms with E-state index >= 15 is 0 Å². The fourth-order valence-corrected chi connectivity index (χ4v) is 2.67. The number of rotatable bonds is 5. The molecule has 0 aromatic heterocycles. The molecule has 0 aliphatic rings. The molecule has 0 bridgehead atoms. The maximum absolute atomic E-state index is 12.5. The molecule has 3 rings (SSSR count). The summed E-state index contributed by atoms with van der Waals surface area (Å²) in [6, 6.07) is 25.3. The number of primary amides is 1. The van der Waals surface area contributed by atoms with Gasteiger partial charge in [0.25, 0.3) is 0 Å². The monoisotopic (exact) mass is 345 g/mol. The van der Waals surface area contributed by atoms with Crippen LogP contribution in [0.2, 0.25) is 0 Å². The van der Waals surface area contributed by atoms with Gasteiger partial charge in [-0.05, 0) is 35.4 Å². The Kier molecular flexibility index (Phi) is 5.29. The number of amides is 3. The number of nitrogens with one attached hydrogen (secondary N) is 2. The first kappa shape index (κ1) is 17.2. The van der Waals surface area contributed by atoms with Gasteiger partial charge in [0.05, 0.1) is 6.04 Å². The van der Waals surface area contributed by atoms with Crippen LogP contribution in [0.25, 0.3) is 0 Å². The molecule has 0 saturated carbocycles. The van der Waals surface area contributed by atoms with Crippen molar-refractivity contribution in [3.05, 3.63) is 102 Å². The van der Waals surface area contributed by atoms with Crippen LogP contribution in [0.4, 0.5) is 10.5 Å². The third-order valence-corrected chi connectivity index (χ3v) is 3.97. The van der Waals surface area contributed by atoms with Gasteiger partial charge < -0.3 is 16.4 Å². The molecule has 130 valence electrons. The van der Waals surface area contributed by atoms with Crippen LogP contribution in [-0.4, -0.2) is 11.9 Å². The minimum atomic E-state index is -0.505.